The van der Waals surface area contributed by atoms with Gasteiger partial charge < -0.3 is 14.8 Å². The van der Waals surface area contributed by atoms with Gasteiger partial charge in [0.15, 0.2) is 11.6 Å². The summed E-state index contributed by atoms with van der Waals surface area (Å²) in [5, 5.41) is 3.52. The average molecular weight is 295 g/mol. The second-order valence-electron chi connectivity index (χ2n) is 6.31. The lowest BCUT2D eigenvalue weighted by molar-refractivity contribution is 0.0620. The summed E-state index contributed by atoms with van der Waals surface area (Å²) < 4.78 is 24.7. The van der Waals surface area contributed by atoms with Gasteiger partial charge in [-0.15, -0.1) is 0 Å². The van der Waals surface area contributed by atoms with Crippen molar-refractivity contribution < 1.29 is 13.9 Å². The molecule has 118 valence electrons. The van der Waals surface area contributed by atoms with Crippen LogP contribution >= 0.6 is 0 Å². The molecule has 2 rings (SSSR count). The largest absolute Gasteiger partial charge is 0.494 e. The summed E-state index contributed by atoms with van der Waals surface area (Å²) in [4.78, 5) is 0. The zero-order valence-corrected chi connectivity index (χ0v) is 13.4. The molecule has 1 aliphatic heterocycles. The topological polar surface area (TPSA) is 30.5 Å². The van der Waals surface area contributed by atoms with Crippen LogP contribution in [-0.4, -0.2) is 32.4 Å². The monoisotopic (exact) mass is 295 g/mol. The van der Waals surface area contributed by atoms with Gasteiger partial charge in [0.05, 0.1) is 13.2 Å². The molecule has 0 radical (unpaired) electrons. The molecule has 0 aliphatic carbocycles. The van der Waals surface area contributed by atoms with Gasteiger partial charge in [-0.25, -0.2) is 4.39 Å². The number of halogens is 1. The first-order valence-electron chi connectivity index (χ1n) is 7.64. The van der Waals surface area contributed by atoms with E-state index in [0.29, 0.717) is 11.8 Å². The zero-order valence-electron chi connectivity index (χ0n) is 13.4. The molecule has 0 bridgehead atoms. The van der Waals surface area contributed by atoms with Crippen LogP contribution < -0.4 is 10.1 Å². The van der Waals surface area contributed by atoms with Crippen LogP contribution in [-0.2, 0) is 11.2 Å². The van der Waals surface area contributed by atoms with E-state index in [4.69, 9.17) is 9.47 Å². The van der Waals surface area contributed by atoms with E-state index < -0.39 is 0 Å². The number of hydrogen-bond donors (Lipinski definition) is 1. The Morgan fingerprint density at radius 2 is 2.24 bits per heavy atom. The Bertz CT molecular complexity index is 478. The summed E-state index contributed by atoms with van der Waals surface area (Å²) >= 11 is 0. The quantitative estimate of drug-likeness (QED) is 0.874. The zero-order chi connectivity index (χ0) is 15.5. The van der Waals surface area contributed by atoms with Gasteiger partial charge in [0.1, 0.15) is 0 Å². The minimum atomic E-state index is -0.298. The molecule has 21 heavy (non-hydrogen) atoms. The number of benzene rings is 1. The molecule has 4 heteroatoms. The molecule has 2 atom stereocenters. The van der Waals surface area contributed by atoms with Gasteiger partial charge in [0.2, 0.25) is 0 Å². The molecule has 0 amide bonds. The number of ether oxygens (including phenoxy) is 2. The van der Waals surface area contributed by atoms with E-state index in [1.54, 1.807) is 12.1 Å². The summed E-state index contributed by atoms with van der Waals surface area (Å²) in [7, 11) is 1.49. The first-order chi connectivity index (χ1) is 9.97. The summed E-state index contributed by atoms with van der Waals surface area (Å²) in [6.07, 6.45) is 1.99. The van der Waals surface area contributed by atoms with E-state index in [1.165, 1.54) is 7.11 Å². The van der Waals surface area contributed by atoms with Crippen molar-refractivity contribution in [3.8, 4) is 5.75 Å². The predicted octanol–water partition coefficient (Wildman–Crippen LogP) is 3.17. The van der Waals surface area contributed by atoms with Crippen LogP contribution in [0.4, 0.5) is 4.39 Å². The van der Waals surface area contributed by atoms with Gasteiger partial charge in [-0.3, -0.25) is 0 Å². The third-order valence-corrected chi connectivity index (χ3v) is 4.46. The first-order valence-corrected chi connectivity index (χ1v) is 7.64. The van der Waals surface area contributed by atoms with Crippen molar-refractivity contribution >= 4 is 0 Å². The van der Waals surface area contributed by atoms with Crippen molar-refractivity contribution in [1.82, 2.24) is 5.32 Å². The Kier molecular flexibility index (Phi) is 5.22. The lowest BCUT2D eigenvalue weighted by Crippen LogP contribution is -2.43. The van der Waals surface area contributed by atoms with Gasteiger partial charge >= 0.3 is 0 Å². The molecule has 3 nitrogen and oxygen atoms in total. The van der Waals surface area contributed by atoms with Crippen LogP contribution in [0.5, 0.6) is 5.75 Å². The van der Waals surface area contributed by atoms with E-state index in [0.717, 1.165) is 31.6 Å². The van der Waals surface area contributed by atoms with Crippen molar-refractivity contribution in [1.29, 1.82) is 0 Å². The van der Waals surface area contributed by atoms with Crippen molar-refractivity contribution in [3.63, 3.8) is 0 Å². The van der Waals surface area contributed by atoms with Crippen molar-refractivity contribution in [2.24, 2.45) is 5.41 Å². The van der Waals surface area contributed by atoms with Gasteiger partial charge in [0, 0.05) is 24.6 Å². The highest BCUT2D eigenvalue weighted by atomic mass is 19.1. The van der Waals surface area contributed by atoms with Crippen LogP contribution in [0.3, 0.4) is 0 Å². The van der Waals surface area contributed by atoms with Gasteiger partial charge in [-0.1, -0.05) is 19.9 Å². The normalized spacial score (nSPS) is 25.5. The summed E-state index contributed by atoms with van der Waals surface area (Å²) in [5.74, 6) is -0.00244. The fourth-order valence-corrected chi connectivity index (χ4v) is 2.98. The Morgan fingerprint density at radius 1 is 1.48 bits per heavy atom. The molecule has 0 aromatic heterocycles. The molecule has 1 aliphatic rings. The summed E-state index contributed by atoms with van der Waals surface area (Å²) in [5.41, 5.74) is 1.03. The van der Waals surface area contributed by atoms with E-state index >= 15 is 0 Å². The summed E-state index contributed by atoms with van der Waals surface area (Å²) in [6.45, 7) is 8.07. The molecule has 1 saturated heterocycles. The molecule has 1 aromatic carbocycles. The maximum atomic E-state index is 13.9. The average Bonchev–Trinajstić information content (AvgIpc) is 2.78. The van der Waals surface area contributed by atoms with Gasteiger partial charge in [-0.2, -0.15) is 0 Å². The highest BCUT2D eigenvalue weighted by Crippen LogP contribution is 2.38. The lowest BCUT2D eigenvalue weighted by atomic mass is 9.76. The Morgan fingerprint density at radius 3 is 2.76 bits per heavy atom. The van der Waals surface area contributed by atoms with Crippen LogP contribution in [0.2, 0.25) is 0 Å². The van der Waals surface area contributed by atoms with Gasteiger partial charge in [-0.05, 0) is 37.5 Å². The second kappa shape index (κ2) is 6.75. The Labute approximate surface area is 126 Å². The van der Waals surface area contributed by atoms with Crippen LogP contribution in [0.1, 0.15) is 32.8 Å². The molecule has 1 fully saturated rings. The molecule has 0 spiro atoms. The third kappa shape index (κ3) is 3.74. The Hall–Kier alpha value is -1.13. The number of hydrogen-bond acceptors (Lipinski definition) is 3. The number of nitrogens with one attached hydrogen (secondary N) is 1. The van der Waals surface area contributed by atoms with Crippen LogP contribution in [0.25, 0.3) is 0 Å². The first kappa shape index (κ1) is 16.2. The molecular formula is C17H26FNO2. The SMILES string of the molecule is COc1ccc(CC2(CNC(C)C)CCOC2C)cc1F. The Balaban J connectivity index is 2.17. The molecular weight excluding hydrogens is 269 g/mol. The fourth-order valence-electron chi connectivity index (χ4n) is 2.98. The predicted molar refractivity (Wildman–Crippen MR) is 82.3 cm³/mol. The minimum Gasteiger partial charge on any atom is -0.494 e. The molecule has 2 unspecified atom stereocenters. The van der Waals surface area contributed by atoms with Crippen molar-refractivity contribution in [2.75, 3.05) is 20.3 Å². The molecule has 1 N–H and O–H groups in total. The fraction of sp³-hybridized carbons (Fsp3) is 0.647. The maximum absolute atomic E-state index is 13.9. The molecule has 0 saturated carbocycles. The second-order valence-corrected chi connectivity index (χ2v) is 6.31. The van der Waals surface area contributed by atoms with E-state index in [-0.39, 0.29) is 17.3 Å². The standard InChI is InChI=1S/C17H26FNO2/c1-12(2)19-11-17(7-8-21-13(17)3)10-14-5-6-16(20-4)15(18)9-14/h5-6,9,12-13,19H,7-8,10-11H2,1-4H3. The van der Waals surface area contributed by atoms with Crippen LogP contribution in [0, 0.1) is 11.2 Å². The molecule has 1 aromatic rings. The van der Waals surface area contributed by atoms with Crippen LogP contribution in [0.15, 0.2) is 18.2 Å². The highest BCUT2D eigenvalue weighted by molar-refractivity contribution is 5.30. The summed E-state index contributed by atoms with van der Waals surface area (Å²) in [6, 6.07) is 5.67. The van der Waals surface area contributed by atoms with E-state index in [1.807, 2.05) is 6.07 Å². The third-order valence-electron chi connectivity index (χ3n) is 4.46. The lowest BCUT2D eigenvalue weighted by Gasteiger charge is -2.33. The number of rotatable bonds is 6. The van der Waals surface area contributed by atoms with Gasteiger partial charge in [0.25, 0.3) is 0 Å². The van der Waals surface area contributed by atoms with Crippen molar-refractivity contribution in [2.45, 2.75) is 45.8 Å². The van der Waals surface area contributed by atoms with Crippen molar-refractivity contribution in [3.05, 3.63) is 29.6 Å². The number of methoxy groups -OCH3 is 1. The minimum absolute atomic E-state index is 0.0330. The smallest absolute Gasteiger partial charge is 0.165 e. The maximum Gasteiger partial charge on any atom is 0.165 e. The van der Waals surface area contributed by atoms with E-state index in [9.17, 15) is 4.39 Å². The molecule has 1 heterocycles. The highest BCUT2D eigenvalue weighted by Gasteiger charge is 2.41. The van der Waals surface area contributed by atoms with E-state index in [2.05, 4.69) is 26.1 Å².